The van der Waals surface area contributed by atoms with Gasteiger partial charge in [0.2, 0.25) is 0 Å². The summed E-state index contributed by atoms with van der Waals surface area (Å²) in [6, 6.07) is 6.41. The molecule has 0 saturated carbocycles. The van der Waals surface area contributed by atoms with Crippen LogP contribution in [0.25, 0.3) is 0 Å². The van der Waals surface area contributed by atoms with Gasteiger partial charge < -0.3 is 29.9 Å². The van der Waals surface area contributed by atoms with Gasteiger partial charge in [0, 0.05) is 56.6 Å². The third-order valence-corrected chi connectivity index (χ3v) is 5.53. The number of benzene rings is 1. The summed E-state index contributed by atoms with van der Waals surface area (Å²) in [6.07, 6.45) is 7.45. The van der Waals surface area contributed by atoms with Crippen molar-refractivity contribution in [2.24, 2.45) is 4.99 Å². The third kappa shape index (κ3) is 10.2. The monoisotopic (exact) mass is 547 g/mol. The first-order chi connectivity index (χ1) is 14.5. The summed E-state index contributed by atoms with van der Waals surface area (Å²) in [4.78, 5) is 9.02. The molecule has 1 aromatic rings. The zero-order chi connectivity index (χ0) is 21.8. The number of methoxy groups -OCH3 is 2. The summed E-state index contributed by atoms with van der Waals surface area (Å²) >= 11 is 0. The molecule has 0 aromatic heterocycles. The Morgan fingerprint density at radius 1 is 1.06 bits per heavy atom. The summed E-state index contributed by atoms with van der Waals surface area (Å²) < 4.78 is 10.8. The van der Waals surface area contributed by atoms with Crippen molar-refractivity contribution in [1.29, 1.82) is 0 Å². The van der Waals surface area contributed by atoms with Crippen molar-refractivity contribution in [3.8, 4) is 11.5 Å². The van der Waals surface area contributed by atoms with Crippen molar-refractivity contribution in [3.05, 3.63) is 18.2 Å². The van der Waals surface area contributed by atoms with Crippen molar-refractivity contribution < 1.29 is 9.47 Å². The smallest absolute Gasteiger partial charge is 0.191 e. The van der Waals surface area contributed by atoms with Crippen LogP contribution < -0.4 is 25.0 Å². The van der Waals surface area contributed by atoms with Gasteiger partial charge in [-0.05, 0) is 39.9 Å². The molecule has 1 fully saturated rings. The second-order valence-electron chi connectivity index (χ2n) is 8.22. The van der Waals surface area contributed by atoms with Gasteiger partial charge in [-0.1, -0.05) is 19.3 Å². The van der Waals surface area contributed by atoms with Gasteiger partial charge in [-0.25, -0.2) is 0 Å². The highest BCUT2D eigenvalue weighted by Crippen LogP contribution is 2.30. The molecule has 0 radical (unpaired) electrons. The van der Waals surface area contributed by atoms with Crippen LogP contribution in [0.15, 0.2) is 23.2 Å². The van der Waals surface area contributed by atoms with Crippen LogP contribution in [0.3, 0.4) is 0 Å². The number of unbranched alkanes of at least 4 members (excludes halogenated alkanes) is 4. The molecule has 2 N–H and O–H groups in total. The van der Waals surface area contributed by atoms with Crippen LogP contribution in [0.5, 0.6) is 11.5 Å². The molecular formula is C23H42IN5O2. The molecule has 1 heterocycles. The fourth-order valence-electron chi connectivity index (χ4n) is 3.77. The van der Waals surface area contributed by atoms with Crippen molar-refractivity contribution in [3.63, 3.8) is 0 Å². The average Bonchev–Trinajstić information content (AvgIpc) is 3.22. The Kier molecular flexibility index (Phi) is 13.7. The molecule has 0 amide bonds. The molecule has 8 heteroatoms. The maximum absolute atomic E-state index is 5.41. The van der Waals surface area contributed by atoms with Gasteiger partial charge in [-0.2, -0.15) is 0 Å². The Balaban J connectivity index is 0.00000480. The standard InChI is InChI=1S/C23H41N5O2.HI/c1-24-23(25-12-9-7-6-8-10-13-27(2)3)26-19-11-14-28(18-19)20-15-21(29-4)17-22(16-20)30-5;/h15-17,19H,6-14,18H2,1-5H3,(H2,24,25,26);1H. The van der Waals surface area contributed by atoms with E-state index in [2.05, 4.69) is 51.7 Å². The Bertz CT molecular complexity index is 635. The van der Waals surface area contributed by atoms with E-state index in [9.17, 15) is 0 Å². The Hall–Kier alpha value is -1.42. The third-order valence-electron chi connectivity index (χ3n) is 5.53. The number of ether oxygens (including phenoxy) is 2. The van der Waals surface area contributed by atoms with E-state index in [0.717, 1.165) is 49.2 Å². The molecule has 178 valence electrons. The van der Waals surface area contributed by atoms with E-state index in [4.69, 9.17) is 9.47 Å². The van der Waals surface area contributed by atoms with E-state index < -0.39 is 0 Å². The molecule has 1 atom stereocenters. The molecule has 0 spiro atoms. The highest BCUT2D eigenvalue weighted by Gasteiger charge is 2.24. The summed E-state index contributed by atoms with van der Waals surface area (Å²) in [6.45, 7) is 4.09. The number of hydrogen-bond donors (Lipinski definition) is 2. The van der Waals surface area contributed by atoms with E-state index >= 15 is 0 Å². The summed E-state index contributed by atoms with van der Waals surface area (Å²) in [5.74, 6) is 2.54. The number of hydrogen-bond acceptors (Lipinski definition) is 5. The number of guanidine groups is 1. The van der Waals surface area contributed by atoms with Gasteiger partial charge in [0.1, 0.15) is 11.5 Å². The lowest BCUT2D eigenvalue weighted by Gasteiger charge is -2.21. The minimum Gasteiger partial charge on any atom is -0.497 e. The number of rotatable bonds is 12. The first kappa shape index (κ1) is 27.6. The largest absolute Gasteiger partial charge is 0.497 e. The van der Waals surface area contributed by atoms with E-state index in [1.165, 1.54) is 38.6 Å². The zero-order valence-corrected chi connectivity index (χ0v) is 22.3. The van der Waals surface area contributed by atoms with Gasteiger partial charge in [0.15, 0.2) is 5.96 Å². The molecule has 0 aliphatic carbocycles. The number of halogens is 1. The van der Waals surface area contributed by atoms with E-state index in [0.29, 0.717) is 6.04 Å². The Labute approximate surface area is 206 Å². The average molecular weight is 548 g/mol. The fraction of sp³-hybridized carbons (Fsp3) is 0.696. The molecule has 31 heavy (non-hydrogen) atoms. The summed E-state index contributed by atoms with van der Waals surface area (Å²) in [7, 11) is 9.49. The van der Waals surface area contributed by atoms with Gasteiger partial charge >= 0.3 is 0 Å². The first-order valence-electron chi connectivity index (χ1n) is 11.2. The normalized spacial score (nSPS) is 16.3. The van der Waals surface area contributed by atoms with Gasteiger partial charge in [-0.15, -0.1) is 24.0 Å². The fourth-order valence-corrected chi connectivity index (χ4v) is 3.77. The molecule has 1 aliphatic rings. The lowest BCUT2D eigenvalue weighted by atomic mass is 10.1. The van der Waals surface area contributed by atoms with Crippen LogP contribution in [-0.2, 0) is 0 Å². The van der Waals surface area contributed by atoms with Crippen LogP contribution in [0.2, 0.25) is 0 Å². The maximum Gasteiger partial charge on any atom is 0.191 e. The minimum absolute atomic E-state index is 0. The summed E-state index contributed by atoms with van der Waals surface area (Å²) in [5, 5.41) is 7.04. The van der Waals surface area contributed by atoms with Gasteiger partial charge in [-0.3, -0.25) is 4.99 Å². The van der Waals surface area contributed by atoms with E-state index in [1.54, 1.807) is 14.2 Å². The van der Waals surface area contributed by atoms with Crippen LogP contribution in [0.1, 0.15) is 38.5 Å². The first-order valence-corrected chi connectivity index (χ1v) is 11.2. The zero-order valence-electron chi connectivity index (χ0n) is 19.9. The van der Waals surface area contributed by atoms with Crippen molar-refractivity contribution in [1.82, 2.24) is 15.5 Å². The Morgan fingerprint density at radius 2 is 1.71 bits per heavy atom. The summed E-state index contributed by atoms with van der Waals surface area (Å²) in [5.41, 5.74) is 1.13. The lowest BCUT2D eigenvalue weighted by Crippen LogP contribution is -2.44. The van der Waals surface area contributed by atoms with Crippen LogP contribution >= 0.6 is 24.0 Å². The lowest BCUT2D eigenvalue weighted by molar-refractivity contribution is 0.389. The Morgan fingerprint density at radius 3 is 2.32 bits per heavy atom. The van der Waals surface area contributed by atoms with Gasteiger partial charge in [0.05, 0.1) is 14.2 Å². The van der Waals surface area contributed by atoms with Crippen LogP contribution in [0.4, 0.5) is 5.69 Å². The molecule has 7 nitrogen and oxygen atoms in total. The van der Waals surface area contributed by atoms with Gasteiger partial charge in [0.25, 0.3) is 0 Å². The topological polar surface area (TPSA) is 61.4 Å². The predicted octanol–water partition coefficient (Wildman–Crippen LogP) is 3.58. The molecule has 1 aromatic carbocycles. The minimum atomic E-state index is 0. The second-order valence-corrected chi connectivity index (χ2v) is 8.22. The molecular weight excluding hydrogens is 505 g/mol. The maximum atomic E-state index is 5.41. The van der Waals surface area contributed by atoms with E-state index in [1.807, 2.05) is 13.1 Å². The van der Waals surface area contributed by atoms with Crippen LogP contribution in [0, 0.1) is 0 Å². The predicted molar refractivity (Wildman–Crippen MR) is 142 cm³/mol. The second kappa shape index (κ2) is 15.4. The number of nitrogens with one attached hydrogen (secondary N) is 2. The quantitative estimate of drug-likeness (QED) is 0.181. The highest BCUT2D eigenvalue weighted by molar-refractivity contribution is 14.0. The molecule has 1 saturated heterocycles. The number of nitrogens with zero attached hydrogens (tertiary/aromatic N) is 3. The highest BCUT2D eigenvalue weighted by atomic mass is 127. The number of anilines is 1. The SMILES string of the molecule is CN=C(NCCCCCCCN(C)C)NC1CCN(c2cc(OC)cc(OC)c2)C1.I. The molecule has 2 rings (SSSR count). The number of aliphatic imine (C=N–C) groups is 1. The van der Waals surface area contributed by atoms with E-state index in [-0.39, 0.29) is 24.0 Å². The van der Waals surface area contributed by atoms with Crippen molar-refractivity contribution >= 4 is 35.6 Å². The molecule has 1 aliphatic heterocycles. The van der Waals surface area contributed by atoms with Crippen LogP contribution in [-0.4, -0.2) is 78.4 Å². The van der Waals surface area contributed by atoms with Crippen molar-refractivity contribution in [2.45, 2.75) is 44.6 Å². The van der Waals surface area contributed by atoms with Crippen molar-refractivity contribution in [2.75, 3.05) is 66.4 Å². The molecule has 1 unspecified atom stereocenters. The molecule has 0 bridgehead atoms.